The number of nitrogens with one attached hydrogen (secondary N) is 1. The zero-order valence-corrected chi connectivity index (χ0v) is 10.1. The molecule has 1 aromatic rings. The largest absolute Gasteiger partial charge is 0.355 e. The summed E-state index contributed by atoms with van der Waals surface area (Å²) in [5, 5.41) is 2.97. The van der Waals surface area contributed by atoms with E-state index in [0.29, 0.717) is 5.75 Å². The summed E-state index contributed by atoms with van der Waals surface area (Å²) in [6, 6.07) is 10.3. The van der Waals surface area contributed by atoms with Gasteiger partial charge in [0.15, 0.2) is 0 Å². The molecule has 1 saturated carbocycles. The van der Waals surface area contributed by atoms with Gasteiger partial charge in [-0.2, -0.15) is 0 Å². The molecule has 0 unspecified atom stereocenters. The van der Waals surface area contributed by atoms with Gasteiger partial charge in [-0.25, -0.2) is 0 Å². The fraction of sp³-hybridized carbons (Fsp3) is 0.462. The molecule has 0 spiro atoms. The van der Waals surface area contributed by atoms with Gasteiger partial charge < -0.3 is 5.32 Å². The number of amides is 1. The fourth-order valence-electron chi connectivity index (χ4n) is 1.47. The lowest BCUT2D eigenvalue weighted by Crippen LogP contribution is -2.27. The maximum atomic E-state index is 11.4. The van der Waals surface area contributed by atoms with Crippen LogP contribution >= 0.6 is 11.8 Å². The first kappa shape index (κ1) is 11.5. The molecular formula is C13H17NOS. The summed E-state index contributed by atoms with van der Waals surface area (Å²) in [6.07, 6.45) is 2.58. The number of hydrogen-bond donors (Lipinski definition) is 1. The molecular weight excluding hydrogens is 218 g/mol. The molecule has 0 saturated heterocycles. The third-order valence-corrected chi connectivity index (χ3v) is 3.63. The summed E-state index contributed by atoms with van der Waals surface area (Å²) < 4.78 is 0. The first-order valence-corrected chi connectivity index (χ1v) is 6.88. The highest BCUT2D eigenvalue weighted by Crippen LogP contribution is 2.27. The molecule has 1 aromatic carbocycles. The molecule has 0 radical (unpaired) electrons. The van der Waals surface area contributed by atoms with Crippen molar-refractivity contribution < 1.29 is 4.79 Å². The standard InChI is InChI=1S/C13H17NOS/c15-13(14-8-11-6-7-11)10-16-9-12-4-2-1-3-5-12/h1-5,11H,6-10H2,(H,14,15). The van der Waals surface area contributed by atoms with Crippen molar-refractivity contribution in [2.24, 2.45) is 5.92 Å². The Kier molecular flexibility index (Phi) is 4.28. The van der Waals surface area contributed by atoms with Crippen LogP contribution < -0.4 is 5.32 Å². The Morgan fingerprint density at radius 1 is 1.31 bits per heavy atom. The van der Waals surface area contributed by atoms with Crippen LogP contribution in [-0.2, 0) is 10.5 Å². The number of carbonyl (C=O) groups excluding carboxylic acids is 1. The average molecular weight is 235 g/mol. The quantitative estimate of drug-likeness (QED) is 0.820. The van der Waals surface area contributed by atoms with E-state index in [4.69, 9.17) is 0 Å². The van der Waals surface area contributed by atoms with Crippen molar-refractivity contribution >= 4 is 17.7 Å². The summed E-state index contributed by atoms with van der Waals surface area (Å²) in [5.41, 5.74) is 1.28. The molecule has 1 aliphatic rings. The molecule has 2 nitrogen and oxygen atoms in total. The summed E-state index contributed by atoms with van der Waals surface area (Å²) >= 11 is 1.67. The highest BCUT2D eigenvalue weighted by Gasteiger charge is 2.21. The van der Waals surface area contributed by atoms with Crippen LogP contribution in [0.15, 0.2) is 30.3 Å². The van der Waals surface area contributed by atoms with E-state index in [1.54, 1.807) is 11.8 Å². The van der Waals surface area contributed by atoms with E-state index in [2.05, 4.69) is 17.4 Å². The van der Waals surface area contributed by atoms with Gasteiger partial charge in [0.1, 0.15) is 0 Å². The molecule has 0 atom stereocenters. The van der Waals surface area contributed by atoms with Crippen LogP contribution in [-0.4, -0.2) is 18.2 Å². The van der Waals surface area contributed by atoms with Crippen LogP contribution in [0, 0.1) is 5.92 Å². The molecule has 3 heteroatoms. The van der Waals surface area contributed by atoms with Crippen molar-refractivity contribution in [2.45, 2.75) is 18.6 Å². The Bertz CT molecular complexity index is 335. The molecule has 1 fully saturated rings. The number of rotatable bonds is 6. The maximum absolute atomic E-state index is 11.4. The minimum absolute atomic E-state index is 0.174. The van der Waals surface area contributed by atoms with E-state index in [1.165, 1.54) is 18.4 Å². The average Bonchev–Trinajstić information content (AvgIpc) is 3.12. The zero-order chi connectivity index (χ0) is 11.2. The normalized spacial score (nSPS) is 14.8. The number of benzene rings is 1. The van der Waals surface area contributed by atoms with Gasteiger partial charge in [-0.3, -0.25) is 4.79 Å². The van der Waals surface area contributed by atoms with E-state index in [9.17, 15) is 4.79 Å². The minimum atomic E-state index is 0.174. The van der Waals surface area contributed by atoms with Crippen LogP contribution in [0.1, 0.15) is 18.4 Å². The van der Waals surface area contributed by atoms with Crippen LogP contribution in [0.2, 0.25) is 0 Å². The van der Waals surface area contributed by atoms with Crippen LogP contribution in [0.5, 0.6) is 0 Å². The molecule has 0 aromatic heterocycles. The Morgan fingerprint density at radius 2 is 2.06 bits per heavy atom. The molecule has 2 rings (SSSR count). The second kappa shape index (κ2) is 5.94. The summed E-state index contributed by atoms with van der Waals surface area (Å²) in [4.78, 5) is 11.4. The lowest BCUT2D eigenvalue weighted by molar-refractivity contribution is -0.118. The van der Waals surface area contributed by atoms with Gasteiger partial charge >= 0.3 is 0 Å². The maximum Gasteiger partial charge on any atom is 0.230 e. The Hall–Kier alpha value is -0.960. The molecule has 1 aliphatic carbocycles. The lowest BCUT2D eigenvalue weighted by atomic mass is 10.2. The monoisotopic (exact) mass is 235 g/mol. The van der Waals surface area contributed by atoms with E-state index >= 15 is 0 Å². The molecule has 16 heavy (non-hydrogen) atoms. The van der Waals surface area contributed by atoms with Gasteiger partial charge in [-0.05, 0) is 24.3 Å². The van der Waals surface area contributed by atoms with Crippen molar-refractivity contribution in [3.8, 4) is 0 Å². The van der Waals surface area contributed by atoms with Gasteiger partial charge in [-0.1, -0.05) is 30.3 Å². The van der Waals surface area contributed by atoms with Crippen molar-refractivity contribution in [1.29, 1.82) is 0 Å². The van der Waals surface area contributed by atoms with Crippen molar-refractivity contribution in [3.05, 3.63) is 35.9 Å². The number of hydrogen-bond acceptors (Lipinski definition) is 2. The van der Waals surface area contributed by atoms with Crippen LogP contribution in [0.4, 0.5) is 0 Å². The SMILES string of the molecule is O=C(CSCc1ccccc1)NCC1CC1. The van der Waals surface area contributed by atoms with E-state index in [-0.39, 0.29) is 5.91 Å². The van der Waals surface area contributed by atoms with Gasteiger partial charge in [0.25, 0.3) is 0 Å². The number of thioether (sulfide) groups is 1. The van der Waals surface area contributed by atoms with Gasteiger partial charge in [0, 0.05) is 12.3 Å². The second-order valence-corrected chi connectivity index (χ2v) is 5.21. The van der Waals surface area contributed by atoms with Crippen LogP contribution in [0.25, 0.3) is 0 Å². The molecule has 86 valence electrons. The van der Waals surface area contributed by atoms with Crippen molar-refractivity contribution in [3.63, 3.8) is 0 Å². The van der Waals surface area contributed by atoms with Gasteiger partial charge in [0.05, 0.1) is 5.75 Å². The predicted octanol–water partition coefficient (Wildman–Crippen LogP) is 2.45. The molecule has 0 heterocycles. The molecule has 1 N–H and O–H groups in total. The fourth-order valence-corrected chi connectivity index (χ4v) is 2.28. The molecule has 1 amide bonds. The highest BCUT2D eigenvalue weighted by atomic mass is 32.2. The number of carbonyl (C=O) groups is 1. The van der Waals surface area contributed by atoms with Gasteiger partial charge in [0.2, 0.25) is 5.91 Å². The third kappa shape index (κ3) is 4.27. The summed E-state index contributed by atoms with van der Waals surface area (Å²) in [7, 11) is 0. The molecule has 0 aliphatic heterocycles. The molecule has 0 bridgehead atoms. The lowest BCUT2D eigenvalue weighted by Gasteiger charge is -2.04. The van der Waals surface area contributed by atoms with E-state index in [1.807, 2.05) is 18.2 Å². The van der Waals surface area contributed by atoms with Crippen molar-refractivity contribution in [1.82, 2.24) is 5.32 Å². The second-order valence-electron chi connectivity index (χ2n) is 4.23. The first-order chi connectivity index (χ1) is 7.84. The highest BCUT2D eigenvalue weighted by molar-refractivity contribution is 7.99. The Balaban J connectivity index is 1.58. The topological polar surface area (TPSA) is 29.1 Å². The summed E-state index contributed by atoms with van der Waals surface area (Å²) in [5.74, 6) is 2.43. The van der Waals surface area contributed by atoms with E-state index < -0.39 is 0 Å². The third-order valence-electron chi connectivity index (χ3n) is 2.63. The summed E-state index contributed by atoms with van der Waals surface area (Å²) in [6.45, 7) is 0.880. The first-order valence-electron chi connectivity index (χ1n) is 5.73. The Labute approximate surface area is 101 Å². The van der Waals surface area contributed by atoms with E-state index in [0.717, 1.165) is 18.2 Å². The smallest absolute Gasteiger partial charge is 0.230 e. The van der Waals surface area contributed by atoms with Crippen molar-refractivity contribution in [2.75, 3.05) is 12.3 Å². The zero-order valence-electron chi connectivity index (χ0n) is 9.32. The minimum Gasteiger partial charge on any atom is -0.355 e. The predicted molar refractivity (Wildman–Crippen MR) is 68.3 cm³/mol. The van der Waals surface area contributed by atoms with Crippen LogP contribution in [0.3, 0.4) is 0 Å². The Morgan fingerprint density at radius 3 is 2.75 bits per heavy atom. The van der Waals surface area contributed by atoms with Gasteiger partial charge in [-0.15, -0.1) is 11.8 Å².